The van der Waals surface area contributed by atoms with Crippen LogP contribution in [-0.2, 0) is 11.2 Å². The van der Waals surface area contributed by atoms with Gasteiger partial charge in [-0.2, -0.15) is 5.10 Å². The molecule has 0 radical (unpaired) electrons. The van der Waals surface area contributed by atoms with Gasteiger partial charge in [0.1, 0.15) is 23.9 Å². The predicted molar refractivity (Wildman–Crippen MR) is 182 cm³/mol. The number of ketones is 1. The van der Waals surface area contributed by atoms with E-state index in [-0.39, 0.29) is 12.2 Å². The number of likely N-dealkylation sites (N-methyl/N-ethyl adjacent to an activating group) is 1. The molecule has 232 valence electrons. The van der Waals surface area contributed by atoms with E-state index in [2.05, 4.69) is 15.2 Å². The molecule has 0 aliphatic heterocycles. The quantitative estimate of drug-likeness (QED) is 0.140. The number of benzene rings is 2. The van der Waals surface area contributed by atoms with E-state index in [9.17, 15) is 9.18 Å². The molecule has 0 atom stereocenters. The Balaban J connectivity index is 1.32. The normalized spacial score (nSPS) is 11.5. The third-order valence-electron chi connectivity index (χ3n) is 7.43. The summed E-state index contributed by atoms with van der Waals surface area (Å²) in [6.07, 6.45) is 6.80. The van der Waals surface area contributed by atoms with Crippen LogP contribution in [0.25, 0.3) is 34.1 Å². The number of rotatable bonds is 12. The van der Waals surface area contributed by atoms with Crippen LogP contribution in [0, 0.1) is 12.7 Å². The zero-order valence-corrected chi connectivity index (χ0v) is 26.6. The minimum Gasteiger partial charge on any atom is -0.492 e. The number of pyridine rings is 1. The second kappa shape index (κ2) is 13.8. The first-order valence-corrected chi connectivity index (χ1v) is 15.7. The molecular weight excluding hydrogens is 600 g/mol. The van der Waals surface area contributed by atoms with Crippen LogP contribution in [0.2, 0.25) is 0 Å². The molecule has 0 spiro atoms. The number of nitrogens with zero attached hydrogens (tertiary/aromatic N) is 5. The van der Waals surface area contributed by atoms with Gasteiger partial charge in [0.2, 0.25) is 5.95 Å². The number of anilines is 2. The van der Waals surface area contributed by atoms with Crippen molar-refractivity contribution in [2.75, 3.05) is 32.6 Å². The number of allylic oxidation sites excluding steroid dienone is 1. The molecule has 6 aromatic rings. The number of carbonyl (C=O) groups excluding carboxylic acids is 1. The van der Waals surface area contributed by atoms with Crippen molar-refractivity contribution in [1.82, 2.24) is 24.5 Å². The Bertz CT molecular complexity index is 2020. The van der Waals surface area contributed by atoms with Crippen molar-refractivity contribution in [2.45, 2.75) is 13.3 Å². The van der Waals surface area contributed by atoms with E-state index in [0.717, 1.165) is 39.5 Å². The molecule has 0 aliphatic carbocycles. The lowest BCUT2D eigenvalue weighted by Gasteiger charge is -2.15. The van der Waals surface area contributed by atoms with Crippen LogP contribution in [0.3, 0.4) is 0 Å². The van der Waals surface area contributed by atoms with Crippen LogP contribution in [0.15, 0.2) is 96.6 Å². The molecule has 0 saturated carbocycles. The fourth-order valence-corrected chi connectivity index (χ4v) is 5.74. The minimum absolute atomic E-state index is 0.0948. The monoisotopic (exact) mass is 632 g/mol. The molecule has 0 amide bonds. The van der Waals surface area contributed by atoms with Gasteiger partial charge >= 0.3 is 0 Å². The maximum absolute atomic E-state index is 14.9. The van der Waals surface area contributed by atoms with Gasteiger partial charge in [-0.1, -0.05) is 18.2 Å². The molecule has 6 rings (SSSR count). The third-order valence-corrected chi connectivity index (χ3v) is 8.30. The topological polar surface area (TPSA) is 84.7 Å². The van der Waals surface area contributed by atoms with Crippen LogP contribution in [-0.4, -0.2) is 57.5 Å². The number of thiophene rings is 1. The molecular formula is C36H33FN6O2S. The summed E-state index contributed by atoms with van der Waals surface area (Å²) in [4.78, 5) is 24.9. The molecule has 4 aromatic heterocycles. The molecule has 8 nitrogen and oxygen atoms in total. The summed E-state index contributed by atoms with van der Waals surface area (Å²) in [5, 5.41) is 10.1. The lowest BCUT2D eigenvalue weighted by atomic mass is 10.0. The fourth-order valence-electron chi connectivity index (χ4n) is 5.02. The third kappa shape index (κ3) is 7.03. The second-order valence-corrected chi connectivity index (χ2v) is 12.0. The second-order valence-electron chi connectivity index (χ2n) is 11.0. The van der Waals surface area contributed by atoms with E-state index >= 15 is 0 Å². The molecule has 10 heteroatoms. The van der Waals surface area contributed by atoms with E-state index < -0.39 is 5.82 Å². The first-order valence-electron chi connectivity index (χ1n) is 14.8. The van der Waals surface area contributed by atoms with Crippen molar-refractivity contribution < 1.29 is 13.9 Å². The number of hydrogen-bond donors (Lipinski definition) is 1. The lowest BCUT2D eigenvalue weighted by molar-refractivity contribution is -0.113. The van der Waals surface area contributed by atoms with Gasteiger partial charge in [-0.3, -0.25) is 4.79 Å². The standard InChI is InChI=1S/C36H33FN6O2S/c1-24-30(9-6-11-33(24)45-20-19-42(2)3)39-36-38-17-16-31(40-36)34-32-10-4-5-18-43(32)41-35(34)26-13-15-29(37)25(22-26)12-14-27(44)23-28-8-7-21-46-28/h4-18,21-22H,19-20,23H2,1-3H3,(H,38,39,40)/b14-12-. The number of carbonyl (C=O) groups is 1. The van der Waals surface area contributed by atoms with Gasteiger partial charge < -0.3 is 15.0 Å². The van der Waals surface area contributed by atoms with Gasteiger partial charge in [-0.15, -0.1) is 11.3 Å². The van der Waals surface area contributed by atoms with Crippen LogP contribution in [0.1, 0.15) is 16.0 Å². The zero-order valence-electron chi connectivity index (χ0n) is 25.8. The molecule has 2 aromatic carbocycles. The summed E-state index contributed by atoms with van der Waals surface area (Å²) in [5.41, 5.74) is 5.67. The highest BCUT2D eigenvalue weighted by atomic mass is 32.1. The van der Waals surface area contributed by atoms with Gasteiger partial charge in [0.15, 0.2) is 5.78 Å². The molecule has 0 bridgehead atoms. The summed E-state index contributed by atoms with van der Waals surface area (Å²) in [7, 11) is 4.02. The number of aromatic nitrogens is 4. The molecule has 0 aliphatic rings. The van der Waals surface area contributed by atoms with Gasteiger partial charge in [-0.25, -0.2) is 18.9 Å². The Morgan fingerprint density at radius 1 is 1.09 bits per heavy atom. The van der Waals surface area contributed by atoms with Crippen molar-refractivity contribution in [3.05, 3.63) is 118 Å². The average Bonchev–Trinajstić information content (AvgIpc) is 3.70. The van der Waals surface area contributed by atoms with E-state index in [0.29, 0.717) is 35.1 Å². The summed E-state index contributed by atoms with van der Waals surface area (Å²) in [6.45, 7) is 3.38. The lowest BCUT2D eigenvalue weighted by Crippen LogP contribution is -2.19. The zero-order chi connectivity index (χ0) is 32.0. The molecule has 0 unspecified atom stereocenters. The minimum atomic E-state index is -0.425. The highest BCUT2D eigenvalue weighted by Gasteiger charge is 2.19. The highest BCUT2D eigenvalue weighted by molar-refractivity contribution is 7.10. The molecule has 1 N–H and O–H groups in total. The number of hydrogen-bond acceptors (Lipinski definition) is 8. The maximum atomic E-state index is 14.9. The Hall–Kier alpha value is -5.19. The SMILES string of the molecule is Cc1c(Nc2nccc(-c3c(-c4ccc(F)c(/C=C\C(=O)Cc5cccs5)c4)nn4ccccc34)n2)cccc1OCCN(C)C. The highest BCUT2D eigenvalue weighted by Crippen LogP contribution is 2.36. The number of halogens is 1. The maximum Gasteiger partial charge on any atom is 0.227 e. The van der Waals surface area contributed by atoms with Gasteiger partial charge in [0.25, 0.3) is 0 Å². The van der Waals surface area contributed by atoms with Gasteiger partial charge in [0.05, 0.1) is 16.8 Å². The fraction of sp³-hybridized carbons (Fsp3) is 0.167. The average molecular weight is 633 g/mol. The molecule has 4 heterocycles. The van der Waals surface area contributed by atoms with Crippen molar-refractivity contribution in [1.29, 1.82) is 0 Å². The van der Waals surface area contributed by atoms with Crippen molar-refractivity contribution in [2.24, 2.45) is 0 Å². The Morgan fingerprint density at radius 3 is 2.80 bits per heavy atom. The van der Waals surface area contributed by atoms with Crippen LogP contribution in [0.4, 0.5) is 16.0 Å². The number of fused-ring (bicyclic) bond motifs is 1. The Labute approximate surface area is 270 Å². The van der Waals surface area contributed by atoms with Crippen molar-refractivity contribution in [3.8, 4) is 28.3 Å². The van der Waals surface area contributed by atoms with E-state index in [1.165, 1.54) is 29.6 Å². The van der Waals surface area contributed by atoms with Crippen LogP contribution >= 0.6 is 11.3 Å². The van der Waals surface area contributed by atoms with Gasteiger partial charge in [-0.05, 0) is 93.1 Å². The van der Waals surface area contributed by atoms with Crippen molar-refractivity contribution in [3.63, 3.8) is 0 Å². The van der Waals surface area contributed by atoms with Crippen LogP contribution in [0.5, 0.6) is 5.75 Å². The summed E-state index contributed by atoms with van der Waals surface area (Å²) < 4.78 is 22.7. The Morgan fingerprint density at radius 2 is 1.98 bits per heavy atom. The largest absolute Gasteiger partial charge is 0.492 e. The Kier molecular flexibility index (Phi) is 9.28. The molecule has 0 saturated heterocycles. The van der Waals surface area contributed by atoms with Gasteiger partial charge in [0, 0.05) is 52.6 Å². The number of ether oxygens (including phenoxy) is 1. The summed E-state index contributed by atoms with van der Waals surface area (Å²) in [5.74, 6) is 0.690. The first-order chi connectivity index (χ1) is 22.4. The van der Waals surface area contributed by atoms with E-state index in [4.69, 9.17) is 14.8 Å². The summed E-state index contributed by atoms with van der Waals surface area (Å²) >= 11 is 1.52. The van der Waals surface area contributed by atoms with Crippen molar-refractivity contribution >= 4 is 40.3 Å². The number of nitrogens with one attached hydrogen (secondary N) is 1. The van der Waals surface area contributed by atoms with Crippen LogP contribution < -0.4 is 10.1 Å². The van der Waals surface area contributed by atoms with E-state index in [1.54, 1.807) is 22.8 Å². The van der Waals surface area contributed by atoms with E-state index in [1.807, 2.05) is 87.2 Å². The first kappa shape index (κ1) is 30.8. The summed E-state index contributed by atoms with van der Waals surface area (Å²) in [6, 6.07) is 22.1. The smallest absolute Gasteiger partial charge is 0.227 e. The molecule has 46 heavy (non-hydrogen) atoms. The predicted octanol–water partition coefficient (Wildman–Crippen LogP) is 7.48. The molecule has 0 fully saturated rings.